The summed E-state index contributed by atoms with van der Waals surface area (Å²) in [6, 6.07) is 10.6. The van der Waals surface area contributed by atoms with Crippen LogP contribution in [0.25, 0.3) is 0 Å². The molecule has 16 heavy (non-hydrogen) atoms. The second kappa shape index (κ2) is 4.92. The van der Waals surface area contributed by atoms with Gasteiger partial charge in [0.2, 0.25) is 0 Å². The maximum Gasteiger partial charge on any atom is 0.0328 e. The Morgan fingerprint density at radius 2 is 1.94 bits per heavy atom. The molecular formula is C12H18Cl2N2. The summed E-state index contributed by atoms with van der Waals surface area (Å²) in [4.78, 5) is 2.48. The Morgan fingerprint density at radius 1 is 1.25 bits per heavy atom. The van der Waals surface area contributed by atoms with Crippen LogP contribution >= 0.6 is 24.8 Å². The molecule has 1 saturated heterocycles. The highest BCUT2D eigenvalue weighted by Crippen LogP contribution is 2.47. The fraction of sp³-hybridized carbons (Fsp3) is 0.500. The van der Waals surface area contributed by atoms with Crippen molar-refractivity contribution in [3.63, 3.8) is 0 Å². The van der Waals surface area contributed by atoms with Gasteiger partial charge in [0.25, 0.3) is 0 Å². The molecular weight excluding hydrogens is 243 g/mol. The molecule has 2 N–H and O–H groups in total. The number of nitrogens with two attached hydrogens (primary N) is 1. The first-order chi connectivity index (χ1) is 6.76. The normalized spacial score (nSPS) is 31.2. The van der Waals surface area contributed by atoms with Crippen LogP contribution in [0, 0.1) is 5.92 Å². The van der Waals surface area contributed by atoms with Crippen molar-refractivity contribution in [3.8, 4) is 0 Å². The van der Waals surface area contributed by atoms with Crippen LogP contribution in [0.15, 0.2) is 30.3 Å². The molecule has 0 amide bonds. The number of likely N-dealkylation sites (tertiary alicyclic amines) is 1. The van der Waals surface area contributed by atoms with E-state index in [2.05, 4.69) is 35.2 Å². The SMILES string of the molecule is Cl.Cl.N[C@]12C[C@H]1CN(Cc1ccccc1)C2. The molecule has 1 aromatic carbocycles. The van der Waals surface area contributed by atoms with Gasteiger partial charge < -0.3 is 5.73 Å². The molecule has 1 aliphatic heterocycles. The zero-order chi connectivity index (χ0) is 9.60. The van der Waals surface area contributed by atoms with Gasteiger partial charge in [-0.3, -0.25) is 4.90 Å². The van der Waals surface area contributed by atoms with Crippen molar-refractivity contribution >= 4 is 24.8 Å². The quantitative estimate of drug-likeness (QED) is 0.883. The van der Waals surface area contributed by atoms with Crippen LogP contribution in [-0.4, -0.2) is 23.5 Å². The number of rotatable bonds is 2. The molecule has 0 radical (unpaired) electrons. The molecule has 4 heteroatoms. The fourth-order valence-electron chi connectivity index (χ4n) is 2.59. The predicted molar refractivity (Wildman–Crippen MR) is 71.2 cm³/mol. The Hall–Kier alpha value is -0.280. The van der Waals surface area contributed by atoms with E-state index in [0.29, 0.717) is 0 Å². The number of fused-ring (bicyclic) bond motifs is 1. The van der Waals surface area contributed by atoms with Crippen LogP contribution < -0.4 is 5.73 Å². The third-order valence-electron chi connectivity index (χ3n) is 3.52. The second-order valence-electron chi connectivity index (χ2n) is 4.79. The molecule has 0 aromatic heterocycles. The van der Waals surface area contributed by atoms with Gasteiger partial charge in [-0.2, -0.15) is 0 Å². The number of hydrogen-bond donors (Lipinski definition) is 1. The third kappa shape index (κ3) is 2.51. The lowest BCUT2D eigenvalue weighted by Crippen LogP contribution is -2.32. The topological polar surface area (TPSA) is 29.3 Å². The van der Waals surface area contributed by atoms with Gasteiger partial charge in [-0.05, 0) is 17.9 Å². The summed E-state index contributed by atoms with van der Waals surface area (Å²) in [5.74, 6) is 0.784. The maximum atomic E-state index is 6.15. The van der Waals surface area contributed by atoms with Gasteiger partial charge in [0.15, 0.2) is 0 Å². The van der Waals surface area contributed by atoms with Crippen molar-refractivity contribution in [1.29, 1.82) is 0 Å². The predicted octanol–water partition coefficient (Wildman–Crippen LogP) is 2.06. The highest BCUT2D eigenvalue weighted by molar-refractivity contribution is 5.85. The minimum Gasteiger partial charge on any atom is -0.324 e. The maximum absolute atomic E-state index is 6.15. The zero-order valence-electron chi connectivity index (χ0n) is 9.13. The lowest BCUT2D eigenvalue weighted by molar-refractivity contribution is 0.291. The van der Waals surface area contributed by atoms with Gasteiger partial charge in [0.05, 0.1) is 0 Å². The van der Waals surface area contributed by atoms with Crippen LogP contribution in [0.2, 0.25) is 0 Å². The molecule has 1 aliphatic carbocycles. The van der Waals surface area contributed by atoms with E-state index in [-0.39, 0.29) is 30.4 Å². The Labute approximate surface area is 109 Å². The van der Waals surface area contributed by atoms with E-state index >= 15 is 0 Å². The van der Waals surface area contributed by atoms with Gasteiger partial charge in [0, 0.05) is 25.2 Å². The molecule has 1 saturated carbocycles. The van der Waals surface area contributed by atoms with Crippen LogP contribution in [0.3, 0.4) is 0 Å². The van der Waals surface area contributed by atoms with Crippen LogP contribution in [0.4, 0.5) is 0 Å². The van der Waals surface area contributed by atoms with E-state index in [0.717, 1.165) is 19.0 Å². The molecule has 0 unspecified atom stereocenters. The van der Waals surface area contributed by atoms with Crippen LogP contribution in [0.1, 0.15) is 12.0 Å². The first-order valence-corrected chi connectivity index (χ1v) is 5.31. The molecule has 2 nitrogen and oxygen atoms in total. The first kappa shape index (κ1) is 13.8. The van der Waals surface area contributed by atoms with Gasteiger partial charge in [0.1, 0.15) is 0 Å². The molecule has 2 atom stereocenters. The molecule has 0 bridgehead atoms. The lowest BCUT2D eigenvalue weighted by Gasteiger charge is -2.18. The summed E-state index contributed by atoms with van der Waals surface area (Å²) in [6.45, 7) is 3.36. The number of halogens is 2. The summed E-state index contributed by atoms with van der Waals surface area (Å²) in [5.41, 5.74) is 7.74. The largest absolute Gasteiger partial charge is 0.324 e. The molecule has 1 aromatic rings. The Bertz CT molecular complexity index is 344. The number of piperidine rings is 1. The van der Waals surface area contributed by atoms with Crippen molar-refractivity contribution in [3.05, 3.63) is 35.9 Å². The number of nitrogens with zero attached hydrogens (tertiary/aromatic N) is 1. The van der Waals surface area contributed by atoms with E-state index in [9.17, 15) is 0 Å². The van der Waals surface area contributed by atoms with E-state index in [4.69, 9.17) is 5.73 Å². The highest BCUT2D eigenvalue weighted by Gasteiger charge is 2.56. The molecule has 90 valence electrons. The molecule has 1 heterocycles. The lowest BCUT2D eigenvalue weighted by atomic mass is 10.2. The van der Waals surface area contributed by atoms with Crippen molar-refractivity contribution < 1.29 is 0 Å². The average Bonchev–Trinajstić information content (AvgIpc) is 2.67. The monoisotopic (exact) mass is 260 g/mol. The van der Waals surface area contributed by atoms with Crippen LogP contribution in [0.5, 0.6) is 0 Å². The summed E-state index contributed by atoms with van der Waals surface area (Å²) >= 11 is 0. The fourth-order valence-corrected chi connectivity index (χ4v) is 2.59. The molecule has 2 fully saturated rings. The summed E-state index contributed by atoms with van der Waals surface area (Å²) in [7, 11) is 0. The van der Waals surface area contributed by atoms with Gasteiger partial charge in [-0.15, -0.1) is 24.8 Å². The van der Waals surface area contributed by atoms with E-state index < -0.39 is 0 Å². The summed E-state index contributed by atoms with van der Waals surface area (Å²) < 4.78 is 0. The standard InChI is InChI=1S/C12H16N2.2ClH/c13-12-6-11(12)8-14(9-12)7-10-4-2-1-3-5-10;;/h1-5,11H,6-9,13H2;2*1H/t11-,12-;;/m0../s1. The highest BCUT2D eigenvalue weighted by atomic mass is 35.5. The number of hydrogen-bond acceptors (Lipinski definition) is 2. The zero-order valence-corrected chi connectivity index (χ0v) is 10.8. The van der Waals surface area contributed by atoms with Gasteiger partial charge in [-0.25, -0.2) is 0 Å². The number of benzene rings is 1. The van der Waals surface area contributed by atoms with Crippen molar-refractivity contribution in [2.24, 2.45) is 11.7 Å². The minimum atomic E-state index is 0. The summed E-state index contributed by atoms with van der Waals surface area (Å²) in [6.07, 6.45) is 1.25. The Balaban J connectivity index is 0.000000640. The van der Waals surface area contributed by atoms with Crippen molar-refractivity contribution in [2.75, 3.05) is 13.1 Å². The Morgan fingerprint density at radius 3 is 2.50 bits per heavy atom. The first-order valence-electron chi connectivity index (χ1n) is 5.31. The average molecular weight is 261 g/mol. The molecule has 3 rings (SSSR count). The smallest absolute Gasteiger partial charge is 0.0328 e. The Kier molecular flexibility index (Phi) is 4.24. The van der Waals surface area contributed by atoms with Crippen molar-refractivity contribution in [1.82, 2.24) is 4.90 Å². The third-order valence-corrected chi connectivity index (χ3v) is 3.52. The van der Waals surface area contributed by atoms with Crippen LogP contribution in [-0.2, 0) is 6.54 Å². The van der Waals surface area contributed by atoms with E-state index in [1.54, 1.807) is 0 Å². The van der Waals surface area contributed by atoms with Gasteiger partial charge in [-0.1, -0.05) is 30.3 Å². The van der Waals surface area contributed by atoms with E-state index in [1.165, 1.54) is 18.5 Å². The van der Waals surface area contributed by atoms with Gasteiger partial charge >= 0.3 is 0 Å². The minimum absolute atomic E-state index is 0. The summed E-state index contributed by atoms with van der Waals surface area (Å²) in [5, 5.41) is 0. The second-order valence-corrected chi connectivity index (χ2v) is 4.79. The van der Waals surface area contributed by atoms with Crippen molar-refractivity contribution in [2.45, 2.75) is 18.5 Å². The molecule has 0 spiro atoms. The molecule has 2 aliphatic rings. The van der Waals surface area contributed by atoms with E-state index in [1.807, 2.05) is 0 Å².